The third-order valence-electron chi connectivity index (χ3n) is 5.73. The van der Waals surface area contributed by atoms with Crippen molar-refractivity contribution in [1.29, 1.82) is 0 Å². The van der Waals surface area contributed by atoms with Crippen molar-refractivity contribution in [3.8, 4) is 5.75 Å². The molecule has 2 amide bonds. The number of nitrogens with zero attached hydrogens (tertiary/aromatic N) is 2. The average molecular weight is 436 g/mol. The van der Waals surface area contributed by atoms with E-state index in [-0.39, 0.29) is 23.2 Å². The second kappa shape index (κ2) is 9.64. The molecule has 2 N–H and O–H groups in total. The molecule has 1 saturated heterocycles. The number of ether oxygens (including phenoxy) is 1. The summed E-state index contributed by atoms with van der Waals surface area (Å²) in [6.45, 7) is 1.28. The highest BCUT2D eigenvalue weighted by atomic mass is 19.1. The number of anilines is 1. The Morgan fingerprint density at radius 3 is 2.69 bits per heavy atom. The third-order valence-corrected chi connectivity index (χ3v) is 5.73. The van der Waals surface area contributed by atoms with Crippen LogP contribution in [0.15, 0.2) is 54.6 Å². The van der Waals surface area contributed by atoms with Crippen molar-refractivity contribution >= 4 is 17.5 Å². The van der Waals surface area contributed by atoms with Gasteiger partial charge in [0, 0.05) is 24.7 Å². The van der Waals surface area contributed by atoms with Gasteiger partial charge in [-0.15, -0.1) is 0 Å². The van der Waals surface area contributed by atoms with Crippen molar-refractivity contribution < 1.29 is 18.7 Å². The van der Waals surface area contributed by atoms with Crippen molar-refractivity contribution in [3.05, 3.63) is 77.4 Å². The Balaban J connectivity index is 1.31. The molecule has 32 heavy (non-hydrogen) atoms. The van der Waals surface area contributed by atoms with Crippen molar-refractivity contribution in [2.75, 3.05) is 25.5 Å². The number of halogens is 1. The van der Waals surface area contributed by atoms with Gasteiger partial charge in [-0.25, -0.2) is 4.39 Å². The molecule has 1 aliphatic rings. The number of hydrogen-bond donors (Lipinski definition) is 2. The maximum atomic E-state index is 13.8. The highest BCUT2D eigenvalue weighted by Crippen LogP contribution is 2.28. The van der Waals surface area contributed by atoms with Gasteiger partial charge in [0.15, 0.2) is 5.69 Å². The molecule has 2 heterocycles. The molecule has 0 bridgehead atoms. The molecule has 1 aliphatic heterocycles. The lowest BCUT2D eigenvalue weighted by Gasteiger charge is -2.31. The van der Waals surface area contributed by atoms with Gasteiger partial charge >= 0.3 is 0 Å². The Labute approximate surface area is 185 Å². The maximum absolute atomic E-state index is 13.8. The van der Waals surface area contributed by atoms with E-state index in [2.05, 4.69) is 15.5 Å². The van der Waals surface area contributed by atoms with Crippen LogP contribution in [0, 0.1) is 5.82 Å². The summed E-state index contributed by atoms with van der Waals surface area (Å²) >= 11 is 0. The van der Waals surface area contributed by atoms with E-state index in [0.29, 0.717) is 19.5 Å². The minimum atomic E-state index is -0.498. The monoisotopic (exact) mass is 436 g/mol. The molecule has 0 saturated carbocycles. The van der Waals surface area contributed by atoms with Crippen LogP contribution in [0.5, 0.6) is 5.75 Å². The Kier molecular flexibility index (Phi) is 6.49. The largest absolute Gasteiger partial charge is 0.497 e. The number of H-pyrrole nitrogens is 1. The molecule has 2 aromatic carbocycles. The van der Waals surface area contributed by atoms with Gasteiger partial charge in [0.25, 0.3) is 5.91 Å². The lowest BCUT2D eigenvalue weighted by atomic mass is 9.93. The van der Waals surface area contributed by atoms with Crippen molar-refractivity contribution in [1.82, 2.24) is 15.1 Å². The van der Waals surface area contributed by atoms with Crippen LogP contribution in [0.25, 0.3) is 0 Å². The number of hydrogen-bond acceptors (Lipinski definition) is 4. The van der Waals surface area contributed by atoms with Crippen molar-refractivity contribution in [3.63, 3.8) is 0 Å². The van der Waals surface area contributed by atoms with Crippen molar-refractivity contribution in [2.45, 2.75) is 25.2 Å². The Bertz CT molecular complexity index is 1110. The number of likely N-dealkylation sites (tertiary alicyclic amines) is 1. The molecule has 0 unspecified atom stereocenters. The summed E-state index contributed by atoms with van der Waals surface area (Å²) in [6.07, 6.45) is 1.90. The number of aromatic amines is 1. The predicted molar refractivity (Wildman–Crippen MR) is 118 cm³/mol. The van der Waals surface area contributed by atoms with Gasteiger partial charge < -0.3 is 15.0 Å². The van der Waals surface area contributed by atoms with E-state index in [1.165, 1.54) is 12.1 Å². The second-order valence-electron chi connectivity index (χ2n) is 7.83. The number of piperidine rings is 1. The van der Waals surface area contributed by atoms with Crippen LogP contribution in [-0.2, 0) is 11.2 Å². The molecule has 3 aromatic rings. The van der Waals surface area contributed by atoms with Crippen LogP contribution in [0.1, 0.15) is 40.5 Å². The highest BCUT2D eigenvalue weighted by Gasteiger charge is 2.26. The first-order chi connectivity index (χ1) is 15.5. The Morgan fingerprint density at radius 1 is 1.16 bits per heavy atom. The summed E-state index contributed by atoms with van der Waals surface area (Å²) in [5.41, 5.74) is 2.10. The maximum Gasteiger partial charge on any atom is 0.276 e. The summed E-state index contributed by atoms with van der Waals surface area (Å²) < 4.78 is 19.0. The smallest absolute Gasteiger partial charge is 0.276 e. The number of para-hydroxylation sites is 1. The van der Waals surface area contributed by atoms with Gasteiger partial charge in [0.2, 0.25) is 5.91 Å². The molecule has 8 heteroatoms. The van der Waals surface area contributed by atoms with Crippen LogP contribution < -0.4 is 10.1 Å². The van der Waals surface area contributed by atoms with Crippen molar-refractivity contribution in [2.24, 2.45) is 0 Å². The van der Waals surface area contributed by atoms with E-state index in [0.717, 1.165) is 29.8 Å². The van der Waals surface area contributed by atoms with E-state index < -0.39 is 11.7 Å². The molecule has 7 nitrogen and oxygen atoms in total. The SMILES string of the molecule is COc1cccc(CC(=O)N2CCC(c3cc(C(=O)Nc4ccccc4F)n[nH]3)CC2)c1. The van der Waals surface area contributed by atoms with Gasteiger partial charge in [0.1, 0.15) is 11.6 Å². The topological polar surface area (TPSA) is 87.3 Å². The second-order valence-corrected chi connectivity index (χ2v) is 7.83. The van der Waals surface area contributed by atoms with Crippen LogP contribution in [0.2, 0.25) is 0 Å². The minimum Gasteiger partial charge on any atom is -0.497 e. The predicted octanol–water partition coefficient (Wildman–Crippen LogP) is 3.76. The zero-order chi connectivity index (χ0) is 22.5. The zero-order valence-corrected chi connectivity index (χ0v) is 17.8. The lowest BCUT2D eigenvalue weighted by molar-refractivity contribution is -0.131. The molecular weight excluding hydrogens is 411 g/mol. The first-order valence-corrected chi connectivity index (χ1v) is 10.6. The van der Waals surface area contributed by atoms with E-state index >= 15 is 0 Å². The molecule has 166 valence electrons. The van der Waals surface area contributed by atoms with Gasteiger partial charge in [-0.3, -0.25) is 14.7 Å². The van der Waals surface area contributed by atoms with Gasteiger partial charge in [0.05, 0.1) is 19.2 Å². The molecule has 1 fully saturated rings. The van der Waals surface area contributed by atoms with Gasteiger partial charge in [-0.2, -0.15) is 5.10 Å². The van der Waals surface area contributed by atoms with Crippen LogP contribution >= 0.6 is 0 Å². The first-order valence-electron chi connectivity index (χ1n) is 10.6. The molecular formula is C24H25FN4O3. The van der Waals surface area contributed by atoms with Gasteiger partial charge in [-0.05, 0) is 48.7 Å². The summed E-state index contributed by atoms with van der Waals surface area (Å²) in [5.74, 6) is 0.0406. The van der Waals surface area contributed by atoms with Crippen LogP contribution in [0.4, 0.5) is 10.1 Å². The number of benzene rings is 2. The quantitative estimate of drug-likeness (QED) is 0.616. The van der Waals surface area contributed by atoms with Gasteiger partial charge in [-0.1, -0.05) is 24.3 Å². The van der Waals surface area contributed by atoms with E-state index in [1.54, 1.807) is 25.3 Å². The summed E-state index contributed by atoms with van der Waals surface area (Å²) in [6, 6.07) is 15.2. The fraction of sp³-hybridized carbons (Fsp3) is 0.292. The number of aromatic nitrogens is 2. The lowest BCUT2D eigenvalue weighted by Crippen LogP contribution is -2.38. The molecule has 0 atom stereocenters. The molecule has 1 aromatic heterocycles. The number of carbonyl (C=O) groups excluding carboxylic acids is 2. The standard InChI is InChI=1S/C24H25FN4O3/c1-32-18-6-4-5-16(13-18)14-23(30)29-11-9-17(10-12-29)21-15-22(28-27-21)24(31)26-20-8-3-2-7-19(20)25/h2-8,13,15,17H,9-12,14H2,1H3,(H,26,31)(H,27,28). The van der Waals surface area contributed by atoms with E-state index in [4.69, 9.17) is 4.74 Å². The highest BCUT2D eigenvalue weighted by molar-refractivity contribution is 6.03. The number of methoxy groups -OCH3 is 1. The molecule has 4 rings (SSSR count). The zero-order valence-electron chi connectivity index (χ0n) is 17.8. The average Bonchev–Trinajstić information content (AvgIpc) is 3.31. The van der Waals surface area contributed by atoms with Crippen LogP contribution in [-0.4, -0.2) is 47.1 Å². The summed E-state index contributed by atoms with van der Waals surface area (Å²) in [4.78, 5) is 27.0. The number of nitrogens with one attached hydrogen (secondary N) is 2. The van der Waals surface area contributed by atoms with E-state index in [9.17, 15) is 14.0 Å². The molecule has 0 aliphatic carbocycles. The molecule has 0 spiro atoms. The third kappa shape index (κ3) is 4.96. The van der Waals surface area contributed by atoms with Crippen LogP contribution in [0.3, 0.4) is 0 Å². The molecule has 0 radical (unpaired) electrons. The first kappa shape index (κ1) is 21.5. The fourth-order valence-corrected chi connectivity index (χ4v) is 3.92. The number of rotatable bonds is 6. The Morgan fingerprint density at radius 2 is 1.94 bits per heavy atom. The van der Waals surface area contributed by atoms with E-state index in [1.807, 2.05) is 29.2 Å². The number of carbonyl (C=O) groups is 2. The normalized spacial score (nSPS) is 14.2. The summed E-state index contributed by atoms with van der Waals surface area (Å²) in [7, 11) is 1.61. The number of amides is 2. The Hall–Kier alpha value is -3.68. The fourth-order valence-electron chi connectivity index (χ4n) is 3.92. The summed E-state index contributed by atoms with van der Waals surface area (Å²) in [5, 5.41) is 9.56. The minimum absolute atomic E-state index is 0.0891.